The van der Waals surface area contributed by atoms with Gasteiger partial charge in [-0.25, -0.2) is 4.79 Å². The summed E-state index contributed by atoms with van der Waals surface area (Å²) < 4.78 is 10.6. The highest BCUT2D eigenvalue weighted by Gasteiger charge is 2.25. The number of nitrogens with zero attached hydrogens (tertiary/aromatic N) is 1. The van der Waals surface area contributed by atoms with Crippen LogP contribution in [0.3, 0.4) is 0 Å². The molecule has 0 saturated carbocycles. The normalized spacial score (nSPS) is 16.6. The molecule has 2 aromatic rings. The van der Waals surface area contributed by atoms with E-state index in [9.17, 15) is 9.59 Å². The standard InChI is InChI=1S/C20H23N3O4/c1-26-14-19(24)21-16-8-5-9-17(12-16)22-20(25)23-10-11-27-18(13-23)15-6-3-2-4-7-15/h2-9,12,18H,10-11,13-14H2,1H3,(H,21,24)(H,22,25)/t18-/m0/s1. The third kappa shape index (κ3) is 5.29. The summed E-state index contributed by atoms with van der Waals surface area (Å²) in [6, 6.07) is 16.7. The van der Waals surface area contributed by atoms with Crippen molar-refractivity contribution in [1.82, 2.24) is 4.90 Å². The maximum atomic E-state index is 12.6. The van der Waals surface area contributed by atoms with Crippen molar-refractivity contribution in [3.63, 3.8) is 0 Å². The van der Waals surface area contributed by atoms with E-state index in [0.29, 0.717) is 31.1 Å². The zero-order valence-corrected chi connectivity index (χ0v) is 15.2. The average molecular weight is 369 g/mol. The second-order valence-corrected chi connectivity index (χ2v) is 6.21. The highest BCUT2D eigenvalue weighted by molar-refractivity contribution is 5.94. The zero-order chi connectivity index (χ0) is 19.1. The van der Waals surface area contributed by atoms with Crippen molar-refractivity contribution >= 4 is 23.3 Å². The first-order chi connectivity index (χ1) is 13.2. The Hall–Kier alpha value is -2.90. The molecule has 0 unspecified atom stereocenters. The van der Waals surface area contributed by atoms with E-state index in [0.717, 1.165) is 5.56 Å². The first-order valence-electron chi connectivity index (χ1n) is 8.77. The summed E-state index contributed by atoms with van der Waals surface area (Å²) in [5.41, 5.74) is 2.26. The van der Waals surface area contributed by atoms with Crippen LogP contribution < -0.4 is 10.6 Å². The molecular formula is C20H23N3O4. The van der Waals surface area contributed by atoms with Crippen molar-refractivity contribution in [1.29, 1.82) is 0 Å². The Morgan fingerprint density at radius 1 is 1.11 bits per heavy atom. The maximum absolute atomic E-state index is 12.6. The molecule has 3 rings (SSSR count). The minimum absolute atomic E-state index is 0.0226. The Balaban J connectivity index is 1.60. The number of amides is 3. The summed E-state index contributed by atoms with van der Waals surface area (Å²) >= 11 is 0. The van der Waals surface area contributed by atoms with Crippen LogP contribution in [0.2, 0.25) is 0 Å². The monoisotopic (exact) mass is 369 g/mol. The Labute approximate surface area is 158 Å². The first-order valence-corrected chi connectivity index (χ1v) is 8.77. The predicted molar refractivity (Wildman–Crippen MR) is 103 cm³/mol. The molecule has 2 N–H and O–H groups in total. The molecular weight excluding hydrogens is 346 g/mol. The van der Waals surface area contributed by atoms with E-state index < -0.39 is 0 Å². The fourth-order valence-corrected chi connectivity index (χ4v) is 2.91. The number of carbonyl (C=O) groups excluding carboxylic acids is 2. The molecule has 3 amide bonds. The number of anilines is 2. The van der Waals surface area contributed by atoms with Crippen LogP contribution in [0.5, 0.6) is 0 Å². The Morgan fingerprint density at radius 2 is 1.85 bits per heavy atom. The number of hydrogen-bond donors (Lipinski definition) is 2. The van der Waals surface area contributed by atoms with Gasteiger partial charge in [0.2, 0.25) is 5.91 Å². The number of hydrogen-bond acceptors (Lipinski definition) is 4. The van der Waals surface area contributed by atoms with Gasteiger partial charge in [0.15, 0.2) is 0 Å². The molecule has 1 atom stereocenters. The van der Waals surface area contributed by atoms with Gasteiger partial charge in [-0.3, -0.25) is 4.79 Å². The molecule has 1 heterocycles. The van der Waals surface area contributed by atoms with E-state index >= 15 is 0 Å². The molecule has 1 aliphatic rings. The molecule has 1 saturated heterocycles. The highest BCUT2D eigenvalue weighted by atomic mass is 16.5. The fourth-order valence-electron chi connectivity index (χ4n) is 2.91. The van der Waals surface area contributed by atoms with E-state index in [1.807, 2.05) is 30.3 Å². The van der Waals surface area contributed by atoms with Gasteiger partial charge in [0.05, 0.1) is 13.2 Å². The number of morpholine rings is 1. The Kier molecular flexibility index (Phi) is 6.40. The quantitative estimate of drug-likeness (QED) is 0.849. The summed E-state index contributed by atoms with van der Waals surface area (Å²) in [5.74, 6) is -0.250. The van der Waals surface area contributed by atoms with Crippen LogP contribution in [0, 0.1) is 0 Å². The number of carbonyl (C=O) groups is 2. The Bertz CT molecular complexity index is 782. The van der Waals surface area contributed by atoms with Gasteiger partial charge in [-0.05, 0) is 23.8 Å². The molecule has 0 bridgehead atoms. The smallest absolute Gasteiger partial charge is 0.322 e. The van der Waals surface area contributed by atoms with Crippen LogP contribution in [0.15, 0.2) is 54.6 Å². The fraction of sp³-hybridized carbons (Fsp3) is 0.300. The molecule has 27 heavy (non-hydrogen) atoms. The molecule has 0 aromatic heterocycles. The van der Waals surface area contributed by atoms with Crippen molar-refractivity contribution < 1.29 is 19.1 Å². The topological polar surface area (TPSA) is 79.9 Å². The molecule has 7 heteroatoms. The summed E-state index contributed by atoms with van der Waals surface area (Å²) in [7, 11) is 1.46. The number of benzene rings is 2. The van der Waals surface area contributed by atoms with Gasteiger partial charge in [0, 0.05) is 25.0 Å². The lowest BCUT2D eigenvalue weighted by molar-refractivity contribution is -0.119. The molecule has 0 aliphatic carbocycles. The van der Waals surface area contributed by atoms with Crippen LogP contribution in [0.25, 0.3) is 0 Å². The van der Waals surface area contributed by atoms with Crippen molar-refractivity contribution in [2.24, 2.45) is 0 Å². The van der Waals surface area contributed by atoms with Gasteiger partial charge in [0.25, 0.3) is 0 Å². The van der Waals surface area contributed by atoms with Crippen LogP contribution >= 0.6 is 0 Å². The SMILES string of the molecule is COCC(=O)Nc1cccc(NC(=O)N2CCO[C@H](c3ccccc3)C2)c1. The molecule has 0 radical (unpaired) electrons. The van der Waals surface area contributed by atoms with E-state index in [1.165, 1.54) is 7.11 Å². The second kappa shape index (κ2) is 9.16. The summed E-state index contributed by atoms with van der Waals surface area (Å²) in [6.45, 7) is 1.48. The van der Waals surface area contributed by atoms with Gasteiger partial charge in [0.1, 0.15) is 12.7 Å². The zero-order valence-electron chi connectivity index (χ0n) is 15.2. The van der Waals surface area contributed by atoms with Gasteiger partial charge < -0.3 is 25.0 Å². The molecule has 1 aliphatic heterocycles. The summed E-state index contributed by atoms with van der Waals surface area (Å²) in [5, 5.41) is 5.59. The first kappa shape index (κ1) is 18.9. The summed E-state index contributed by atoms with van der Waals surface area (Å²) in [6.07, 6.45) is -0.134. The number of methoxy groups -OCH3 is 1. The summed E-state index contributed by atoms with van der Waals surface area (Å²) in [4.78, 5) is 26.0. The lowest BCUT2D eigenvalue weighted by Crippen LogP contribution is -2.44. The van der Waals surface area contributed by atoms with Crippen LogP contribution in [-0.4, -0.2) is 50.3 Å². The minimum atomic E-state index is -0.250. The van der Waals surface area contributed by atoms with E-state index in [4.69, 9.17) is 9.47 Å². The molecule has 0 spiro atoms. The molecule has 142 valence electrons. The molecule has 7 nitrogen and oxygen atoms in total. The van der Waals surface area contributed by atoms with Crippen molar-refractivity contribution in [2.45, 2.75) is 6.10 Å². The molecule has 1 fully saturated rings. The third-order valence-electron chi connectivity index (χ3n) is 4.20. The van der Waals surface area contributed by atoms with Gasteiger partial charge >= 0.3 is 6.03 Å². The van der Waals surface area contributed by atoms with Gasteiger partial charge in [-0.15, -0.1) is 0 Å². The van der Waals surface area contributed by atoms with Crippen LogP contribution in [-0.2, 0) is 14.3 Å². The van der Waals surface area contributed by atoms with Gasteiger partial charge in [-0.2, -0.15) is 0 Å². The minimum Gasteiger partial charge on any atom is -0.375 e. The number of urea groups is 1. The molecule has 2 aromatic carbocycles. The van der Waals surface area contributed by atoms with Crippen molar-refractivity contribution in [2.75, 3.05) is 44.0 Å². The van der Waals surface area contributed by atoms with Crippen LogP contribution in [0.4, 0.5) is 16.2 Å². The number of ether oxygens (including phenoxy) is 2. The lowest BCUT2D eigenvalue weighted by atomic mass is 10.1. The number of rotatable bonds is 5. The largest absolute Gasteiger partial charge is 0.375 e. The average Bonchev–Trinajstić information content (AvgIpc) is 2.69. The maximum Gasteiger partial charge on any atom is 0.322 e. The van der Waals surface area contributed by atoms with E-state index in [-0.39, 0.29) is 24.6 Å². The Morgan fingerprint density at radius 3 is 2.59 bits per heavy atom. The highest BCUT2D eigenvalue weighted by Crippen LogP contribution is 2.23. The van der Waals surface area contributed by atoms with Crippen LogP contribution in [0.1, 0.15) is 11.7 Å². The van der Waals surface area contributed by atoms with Crippen molar-refractivity contribution in [3.05, 3.63) is 60.2 Å². The van der Waals surface area contributed by atoms with Gasteiger partial charge in [-0.1, -0.05) is 36.4 Å². The number of nitrogens with one attached hydrogen (secondary N) is 2. The second-order valence-electron chi connectivity index (χ2n) is 6.21. The third-order valence-corrected chi connectivity index (χ3v) is 4.20. The van der Waals surface area contributed by atoms with E-state index in [1.54, 1.807) is 29.2 Å². The van der Waals surface area contributed by atoms with Crippen molar-refractivity contribution in [3.8, 4) is 0 Å². The van der Waals surface area contributed by atoms with E-state index in [2.05, 4.69) is 10.6 Å². The lowest BCUT2D eigenvalue weighted by Gasteiger charge is -2.33. The predicted octanol–water partition coefficient (Wildman–Crippen LogP) is 2.88.